The number of hydrogen-bond acceptors (Lipinski definition) is 3. The Bertz CT molecular complexity index is 689. The molecule has 6 heteroatoms. The Morgan fingerprint density at radius 3 is 2.60 bits per heavy atom. The van der Waals surface area contributed by atoms with Crippen LogP contribution in [0.5, 0.6) is 11.5 Å². The number of aryl methyl sites for hydroxylation is 1. The van der Waals surface area contributed by atoms with E-state index in [9.17, 15) is 9.18 Å². The van der Waals surface area contributed by atoms with E-state index in [-0.39, 0.29) is 11.3 Å². The summed E-state index contributed by atoms with van der Waals surface area (Å²) in [5.74, 6) is -0.887. The van der Waals surface area contributed by atoms with Crippen molar-refractivity contribution in [3.8, 4) is 11.5 Å². The summed E-state index contributed by atoms with van der Waals surface area (Å²) in [7, 11) is 0. The van der Waals surface area contributed by atoms with E-state index in [0.717, 1.165) is 11.6 Å². The second kappa shape index (κ2) is 5.38. The second-order valence-corrected chi connectivity index (χ2v) is 4.65. The van der Waals surface area contributed by atoms with Gasteiger partial charge in [-0.1, -0.05) is 11.6 Å². The molecule has 20 heavy (non-hydrogen) atoms. The zero-order valence-corrected chi connectivity index (χ0v) is 11.4. The van der Waals surface area contributed by atoms with Crippen LogP contribution in [0.4, 0.5) is 10.1 Å². The normalized spacial score (nSPS) is 10.3. The molecule has 4 N–H and O–H groups in total. The number of halogens is 2. The fourth-order valence-corrected chi connectivity index (χ4v) is 1.84. The van der Waals surface area contributed by atoms with Gasteiger partial charge in [-0.3, -0.25) is 4.79 Å². The molecular weight excluding hydrogens is 283 g/mol. The van der Waals surface area contributed by atoms with Crippen molar-refractivity contribution in [2.75, 3.05) is 5.73 Å². The van der Waals surface area contributed by atoms with Crippen LogP contribution in [0.3, 0.4) is 0 Å². The molecule has 0 fully saturated rings. The number of carbonyl (C=O) groups excluding carboxylic acids is 1. The van der Waals surface area contributed by atoms with Crippen LogP contribution in [0, 0.1) is 12.7 Å². The first kappa shape index (κ1) is 14.1. The number of nitrogens with two attached hydrogens (primary N) is 2. The van der Waals surface area contributed by atoms with Crippen molar-refractivity contribution in [1.82, 2.24) is 0 Å². The molecule has 0 radical (unpaired) electrons. The summed E-state index contributed by atoms with van der Waals surface area (Å²) in [4.78, 5) is 10.9. The number of carbonyl (C=O) groups is 1. The van der Waals surface area contributed by atoms with Gasteiger partial charge in [-0.05, 0) is 30.7 Å². The van der Waals surface area contributed by atoms with Gasteiger partial charge in [-0.25, -0.2) is 4.39 Å². The van der Waals surface area contributed by atoms with E-state index in [4.69, 9.17) is 27.8 Å². The number of anilines is 1. The molecule has 2 aromatic rings. The maximum Gasteiger partial charge on any atom is 0.251 e. The Morgan fingerprint density at radius 1 is 1.30 bits per heavy atom. The molecule has 104 valence electrons. The predicted molar refractivity (Wildman–Crippen MR) is 75.6 cm³/mol. The van der Waals surface area contributed by atoms with Gasteiger partial charge in [0.15, 0.2) is 0 Å². The third-order valence-corrected chi connectivity index (χ3v) is 3.06. The van der Waals surface area contributed by atoms with Crippen LogP contribution in [0.25, 0.3) is 0 Å². The maximum absolute atomic E-state index is 13.6. The summed E-state index contributed by atoms with van der Waals surface area (Å²) >= 11 is 5.91. The standard InChI is InChI=1S/C14H12ClFN2O2/c1-7-4-12(17)10(15)6-13(7)20-8-2-3-9(14(18)19)11(16)5-8/h2-6H,17H2,1H3,(H2,18,19). The molecule has 2 rings (SSSR count). The minimum Gasteiger partial charge on any atom is -0.457 e. The largest absolute Gasteiger partial charge is 0.457 e. The van der Waals surface area contributed by atoms with Crippen molar-refractivity contribution in [3.63, 3.8) is 0 Å². The molecule has 0 heterocycles. The lowest BCUT2D eigenvalue weighted by molar-refractivity contribution is 0.0996. The average molecular weight is 295 g/mol. The Hall–Kier alpha value is -2.27. The minimum atomic E-state index is -0.833. The van der Waals surface area contributed by atoms with E-state index in [1.165, 1.54) is 12.1 Å². The van der Waals surface area contributed by atoms with Crippen molar-refractivity contribution in [2.45, 2.75) is 6.92 Å². The highest BCUT2D eigenvalue weighted by molar-refractivity contribution is 6.33. The summed E-state index contributed by atoms with van der Waals surface area (Å²) < 4.78 is 19.1. The number of amides is 1. The number of primary amides is 1. The van der Waals surface area contributed by atoms with E-state index < -0.39 is 11.7 Å². The second-order valence-electron chi connectivity index (χ2n) is 4.25. The van der Waals surface area contributed by atoms with Gasteiger partial charge >= 0.3 is 0 Å². The summed E-state index contributed by atoms with van der Waals surface area (Å²) in [6, 6.07) is 7.01. The van der Waals surface area contributed by atoms with Gasteiger partial charge in [0.25, 0.3) is 5.91 Å². The lowest BCUT2D eigenvalue weighted by Crippen LogP contribution is -2.12. The zero-order valence-electron chi connectivity index (χ0n) is 10.6. The third-order valence-electron chi connectivity index (χ3n) is 2.73. The van der Waals surface area contributed by atoms with E-state index >= 15 is 0 Å². The van der Waals surface area contributed by atoms with Gasteiger partial charge in [-0.2, -0.15) is 0 Å². The highest BCUT2D eigenvalue weighted by atomic mass is 35.5. The van der Waals surface area contributed by atoms with E-state index in [1.54, 1.807) is 19.1 Å². The van der Waals surface area contributed by atoms with Crippen molar-refractivity contribution >= 4 is 23.2 Å². The molecule has 0 aliphatic carbocycles. The fourth-order valence-electron chi connectivity index (χ4n) is 1.68. The average Bonchev–Trinajstić information content (AvgIpc) is 2.35. The minimum absolute atomic E-state index is 0.190. The van der Waals surface area contributed by atoms with Crippen LogP contribution in [0.15, 0.2) is 30.3 Å². The van der Waals surface area contributed by atoms with Crippen LogP contribution >= 0.6 is 11.6 Å². The molecule has 0 aromatic heterocycles. The molecule has 0 unspecified atom stereocenters. The van der Waals surface area contributed by atoms with E-state index in [2.05, 4.69) is 0 Å². The number of benzene rings is 2. The lowest BCUT2D eigenvalue weighted by atomic mass is 10.2. The van der Waals surface area contributed by atoms with Crippen LogP contribution in [0.2, 0.25) is 5.02 Å². The lowest BCUT2D eigenvalue weighted by Gasteiger charge is -2.11. The topological polar surface area (TPSA) is 78.3 Å². The molecule has 0 bridgehead atoms. The molecule has 0 saturated carbocycles. The summed E-state index contributed by atoms with van der Waals surface area (Å²) in [5, 5.41) is 0.347. The first-order chi connectivity index (χ1) is 9.38. The zero-order chi connectivity index (χ0) is 14.9. The highest BCUT2D eigenvalue weighted by Gasteiger charge is 2.11. The highest BCUT2D eigenvalue weighted by Crippen LogP contribution is 2.32. The molecular formula is C14H12ClFN2O2. The van der Waals surface area contributed by atoms with Crippen LogP contribution in [0.1, 0.15) is 15.9 Å². The number of nitrogen functional groups attached to an aromatic ring is 1. The SMILES string of the molecule is Cc1cc(N)c(Cl)cc1Oc1ccc(C(N)=O)c(F)c1. The predicted octanol–water partition coefficient (Wildman–Crippen LogP) is 3.26. The molecule has 0 aliphatic rings. The summed E-state index contributed by atoms with van der Waals surface area (Å²) in [6.07, 6.45) is 0. The van der Waals surface area contributed by atoms with Gasteiger partial charge in [0.2, 0.25) is 0 Å². The first-order valence-corrected chi connectivity index (χ1v) is 6.09. The Morgan fingerprint density at radius 2 is 2.00 bits per heavy atom. The van der Waals surface area contributed by atoms with Crippen molar-refractivity contribution in [1.29, 1.82) is 0 Å². The number of ether oxygens (including phenoxy) is 1. The molecule has 0 spiro atoms. The van der Waals surface area contributed by atoms with Gasteiger partial charge in [0.05, 0.1) is 16.3 Å². The monoisotopic (exact) mass is 294 g/mol. The Kier molecular flexibility index (Phi) is 3.81. The first-order valence-electron chi connectivity index (χ1n) is 5.71. The number of rotatable bonds is 3. The van der Waals surface area contributed by atoms with Crippen molar-refractivity contribution in [3.05, 3.63) is 52.3 Å². The molecule has 1 amide bonds. The quantitative estimate of drug-likeness (QED) is 0.853. The molecule has 0 saturated heterocycles. The van der Waals surface area contributed by atoms with Gasteiger partial charge in [0.1, 0.15) is 17.3 Å². The third kappa shape index (κ3) is 2.83. The summed E-state index contributed by atoms with van der Waals surface area (Å²) in [6.45, 7) is 1.79. The van der Waals surface area contributed by atoms with Gasteiger partial charge in [-0.15, -0.1) is 0 Å². The number of hydrogen-bond donors (Lipinski definition) is 2. The molecule has 4 nitrogen and oxygen atoms in total. The van der Waals surface area contributed by atoms with Gasteiger partial charge in [0, 0.05) is 12.1 Å². The van der Waals surface area contributed by atoms with E-state index in [1.807, 2.05) is 0 Å². The van der Waals surface area contributed by atoms with Gasteiger partial charge < -0.3 is 16.2 Å². The maximum atomic E-state index is 13.6. The molecule has 0 aliphatic heterocycles. The fraction of sp³-hybridized carbons (Fsp3) is 0.0714. The van der Waals surface area contributed by atoms with Crippen LogP contribution in [-0.4, -0.2) is 5.91 Å². The molecule has 0 atom stereocenters. The summed E-state index contributed by atoms with van der Waals surface area (Å²) in [5.41, 5.74) is 11.7. The Labute approximate surface area is 120 Å². The van der Waals surface area contributed by atoms with Crippen LogP contribution < -0.4 is 16.2 Å². The van der Waals surface area contributed by atoms with E-state index in [0.29, 0.717) is 16.5 Å². The Balaban J connectivity index is 2.33. The van der Waals surface area contributed by atoms with Crippen LogP contribution in [-0.2, 0) is 0 Å². The molecule has 2 aromatic carbocycles. The van der Waals surface area contributed by atoms with Crippen molar-refractivity contribution < 1.29 is 13.9 Å². The van der Waals surface area contributed by atoms with Crippen molar-refractivity contribution in [2.24, 2.45) is 5.73 Å². The smallest absolute Gasteiger partial charge is 0.251 e.